The number of carbonyl (C=O) groups excluding carboxylic acids is 2. The van der Waals surface area contributed by atoms with Gasteiger partial charge in [-0.3, -0.25) is 14.9 Å². The molecule has 4 rings (SSSR count). The SMILES string of the molecule is CC1(Cc2ccccc2)CCc2cc(CC3SC(=O)NC3=O)ccc2C1. The number of amides is 2. The minimum atomic E-state index is -0.285. The van der Waals surface area contributed by atoms with Crippen LogP contribution < -0.4 is 5.32 Å². The molecule has 0 radical (unpaired) electrons. The van der Waals surface area contributed by atoms with E-state index in [1.54, 1.807) is 0 Å². The van der Waals surface area contributed by atoms with Gasteiger partial charge in [-0.25, -0.2) is 0 Å². The third-order valence-electron chi connectivity index (χ3n) is 5.55. The smallest absolute Gasteiger partial charge is 0.286 e. The summed E-state index contributed by atoms with van der Waals surface area (Å²) in [4.78, 5) is 23.1. The molecule has 1 saturated heterocycles. The van der Waals surface area contributed by atoms with Crippen LogP contribution in [-0.4, -0.2) is 16.4 Å². The lowest BCUT2D eigenvalue weighted by Gasteiger charge is -2.35. The van der Waals surface area contributed by atoms with Gasteiger partial charge >= 0.3 is 0 Å². The maximum atomic E-state index is 11.8. The van der Waals surface area contributed by atoms with Crippen molar-refractivity contribution in [3.8, 4) is 0 Å². The van der Waals surface area contributed by atoms with Crippen molar-refractivity contribution in [3.63, 3.8) is 0 Å². The normalized spacial score (nSPS) is 25.0. The second-order valence-corrected chi connectivity index (χ2v) is 9.02. The minimum Gasteiger partial charge on any atom is -0.286 e. The number of hydrogen-bond donors (Lipinski definition) is 1. The molecule has 0 saturated carbocycles. The first-order chi connectivity index (χ1) is 12.5. The van der Waals surface area contributed by atoms with Crippen molar-refractivity contribution in [2.45, 2.75) is 44.3 Å². The van der Waals surface area contributed by atoms with E-state index < -0.39 is 0 Å². The largest absolute Gasteiger partial charge is 0.286 e. The van der Waals surface area contributed by atoms with E-state index in [9.17, 15) is 9.59 Å². The molecule has 1 fully saturated rings. The Hall–Kier alpha value is -2.07. The van der Waals surface area contributed by atoms with Gasteiger partial charge in [0.25, 0.3) is 5.24 Å². The highest BCUT2D eigenvalue weighted by Crippen LogP contribution is 2.38. The van der Waals surface area contributed by atoms with Gasteiger partial charge in [0.1, 0.15) is 0 Å². The van der Waals surface area contributed by atoms with Crippen molar-refractivity contribution in [2.24, 2.45) is 5.41 Å². The number of nitrogens with one attached hydrogen (secondary N) is 1. The van der Waals surface area contributed by atoms with Crippen LogP contribution in [0.5, 0.6) is 0 Å². The highest BCUT2D eigenvalue weighted by Gasteiger charge is 2.33. The number of rotatable bonds is 4. The molecule has 2 atom stereocenters. The molecule has 1 heterocycles. The average molecular weight is 365 g/mol. The molecule has 134 valence electrons. The summed E-state index contributed by atoms with van der Waals surface area (Å²) < 4.78 is 0. The molecule has 1 aliphatic heterocycles. The Labute approximate surface area is 158 Å². The van der Waals surface area contributed by atoms with Crippen LogP contribution in [-0.2, 0) is 30.5 Å². The highest BCUT2D eigenvalue weighted by molar-refractivity contribution is 8.15. The minimum absolute atomic E-state index is 0.159. The lowest BCUT2D eigenvalue weighted by molar-refractivity contribution is -0.118. The van der Waals surface area contributed by atoms with E-state index in [-0.39, 0.29) is 16.4 Å². The van der Waals surface area contributed by atoms with Gasteiger partial charge in [0.15, 0.2) is 0 Å². The van der Waals surface area contributed by atoms with Gasteiger partial charge in [0, 0.05) is 0 Å². The number of carbonyl (C=O) groups is 2. The Balaban J connectivity index is 1.47. The molecule has 2 unspecified atom stereocenters. The summed E-state index contributed by atoms with van der Waals surface area (Å²) in [6.45, 7) is 2.39. The van der Waals surface area contributed by atoms with E-state index in [1.165, 1.54) is 23.1 Å². The van der Waals surface area contributed by atoms with E-state index in [2.05, 4.69) is 60.8 Å². The zero-order valence-corrected chi connectivity index (χ0v) is 15.8. The highest BCUT2D eigenvalue weighted by atomic mass is 32.2. The molecule has 4 heteroatoms. The summed E-state index contributed by atoms with van der Waals surface area (Å²) >= 11 is 1.11. The summed E-state index contributed by atoms with van der Waals surface area (Å²) in [7, 11) is 0. The molecule has 0 bridgehead atoms. The van der Waals surface area contributed by atoms with Crippen LogP contribution in [0, 0.1) is 5.41 Å². The third-order valence-corrected chi connectivity index (χ3v) is 6.53. The lowest BCUT2D eigenvalue weighted by Crippen LogP contribution is -2.28. The number of benzene rings is 2. The van der Waals surface area contributed by atoms with Crippen molar-refractivity contribution >= 4 is 22.9 Å². The lowest BCUT2D eigenvalue weighted by atomic mass is 9.69. The second-order valence-electron chi connectivity index (χ2n) is 7.84. The predicted octanol–water partition coefficient (Wildman–Crippen LogP) is 4.32. The molecule has 2 aromatic rings. The number of thioether (sulfide) groups is 1. The van der Waals surface area contributed by atoms with Crippen LogP contribution in [0.25, 0.3) is 0 Å². The summed E-state index contributed by atoms with van der Waals surface area (Å²) in [5.41, 5.74) is 5.69. The monoisotopic (exact) mass is 365 g/mol. The zero-order valence-electron chi connectivity index (χ0n) is 15.0. The summed E-state index contributed by atoms with van der Waals surface area (Å²) in [6.07, 6.45) is 5.08. The molecule has 3 nitrogen and oxygen atoms in total. The van der Waals surface area contributed by atoms with Crippen LogP contribution >= 0.6 is 11.8 Å². The van der Waals surface area contributed by atoms with Gasteiger partial charge in [-0.15, -0.1) is 0 Å². The van der Waals surface area contributed by atoms with Crippen LogP contribution in [0.1, 0.15) is 35.6 Å². The van der Waals surface area contributed by atoms with Gasteiger partial charge in [-0.05, 0) is 59.8 Å². The number of hydrogen-bond acceptors (Lipinski definition) is 3. The van der Waals surface area contributed by atoms with Crippen molar-refractivity contribution in [2.75, 3.05) is 0 Å². The predicted molar refractivity (Wildman–Crippen MR) is 105 cm³/mol. The standard InChI is InChI=1S/C22H23NO2S/c1-22(13-15-5-3-2-4-6-15)10-9-17-11-16(7-8-18(17)14-22)12-19-20(24)23-21(25)26-19/h2-8,11,19H,9-10,12-14H2,1H3,(H,23,24,25). The summed E-state index contributed by atoms with van der Waals surface area (Å²) in [6, 6.07) is 17.3. The molecule has 2 amide bonds. The molecule has 2 aliphatic rings. The Morgan fingerprint density at radius 3 is 2.62 bits per heavy atom. The summed E-state index contributed by atoms with van der Waals surface area (Å²) in [5, 5.41) is 1.86. The second kappa shape index (κ2) is 6.92. The molecular weight excluding hydrogens is 342 g/mol. The number of aryl methyl sites for hydroxylation is 1. The first-order valence-corrected chi connectivity index (χ1v) is 10.0. The fourth-order valence-corrected chi connectivity index (χ4v) is 5.04. The van der Waals surface area contributed by atoms with Crippen LogP contribution in [0.4, 0.5) is 4.79 Å². The fraction of sp³-hybridized carbons (Fsp3) is 0.364. The van der Waals surface area contributed by atoms with Crippen molar-refractivity contribution in [3.05, 3.63) is 70.8 Å². The molecule has 0 aromatic heterocycles. The van der Waals surface area contributed by atoms with Crippen LogP contribution in [0.2, 0.25) is 0 Å². The average Bonchev–Trinajstić information content (AvgIpc) is 2.93. The van der Waals surface area contributed by atoms with E-state index >= 15 is 0 Å². The maximum absolute atomic E-state index is 11.8. The fourth-order valence-electron chi connectivity index (χ4n) is 4.18. The van der Waals surface area contributed by atoms with Crippen molar-refractivity contribution in [1.82, 2.24) is 5.32 Å². The summed E-state index contributed by atoms with van der Waals surface area (Å²) in [5.74, 6) is -0.159. The van der Waals surface area contributed by atoms with Crippen LogP contribution in [0.15, 0.2) is 48.5 Å². The van der Waals surface area contributed by atoms with Gasteiger partial charge in [-0.1, -0.05) is 67.2 Å². The third kappa shape index (κ3) is 3.70. The van der Waals surface area contributed by atoms with Gasteiger partial charge in [-0.2, -0.15) is 0 Å². The van der Waals surface area contributed by atoms with Gasteiger partial charge < -0.3 is 0 Å². The first kappa shape index (κ1) is 17.3. The molecule has 1 N–H and O–H groups in total. The molecule has 26 heavy (non-hydrogen) atoms. The Morgan fingerprint density at radius 2 is 1.88 bits per heavy atom. The molecule has 2 aromatic carbocycles. The number of imide groups is 1. The van der Waals surface area contributed by atoms with Crippen molar-refractivity contribution < 1.29 is 9.59 Å². The Kier molecular flexibility index (Phi) is 4.62. The Morgan fingerprint density at radius 1 is 1.08 bits per heavy atom. The van der Waals surface area contributed by atoms with E-state index in [0.717, 1.165) is 36.6 Å². The first-order valence-electron chi connectivity index (χ1n) is 9.17. The van der Waals surface area contributed by atoms with E-state index in [4.69, 9.17) is 0 Å². The van der Waals surface area contributed by atoms with Gasteiger partial charge in [0.2, 0.25) is 5.91 Å². The van der Waals surface area contributed by atoms with Gasteiger partial charge in [0.05, 0.1) is 5.25 Å². The number of fused-ring (bicyclic) bond motifs is 1. The molecule has 0 spiro atoms. The quantitative estimate of drug-likeness (QED) is 0.878. The molecule has 1 aliphatic carbocycles. The van der Waals surface area contributed by atoms with Crippen molar-refractivity contribution in [1.29, 1.82) is 0 Å². The van der Waals surface area contributed by atoms with Crippen LogP contribution in [0.3, 0.4) is 0 Å². The molecular formula is C22H23NO2S. The Bertz CT molecular complexity index is 848. The van der Waals surface area contributed by atoms with E-state index in [1.807, 2.05) is 0 Å². The van der Waals surface area contributed by atoms with E-state index in [0.29, 0.717) is 11.8 Å². The maximum Gasteiger partial charge on any atom is 0.286 e. The topological polar surface area (TPSA) is 46.2 Å². The zero-order chi connectivity index (χ0) is 18.1.